The second-order valence-electron chi connectivity index (χ2n) is 19.6. The summed E-state index contributed by atoms with van der Waals surface area (Å²) in [5.41, 5.74) is 1.62. The number of halogens is 5. The molecule has 4 aromatic rings. The third-order valence-corrected chi connectivity index (χ3v) is 13.4. The van der Waals surface area contributed by atoms with E-state index in [0.717, 1.165) is 53.7 Å². The largest absolute Gasteiger partial charge is 0.447 e. The first-order valence-electron chi connectivity index (χ1n) is 27.0. The fourth-order valence-electron chi connectivity index (χ4n) is 8.94. The molecule has 442 valence electrons. The van der Waals surface area contributed by atoms with Crippen molar-refractivity contribution in [3.05, 3.63) is 185 Å². The maximum atomic E-state index is 13.5. The molecule has 0 saturated carbocycles. The van der Waals surface area contributed by atoms with Gasteiger partial charge in [-0.3, -0.25) is 19.2 Å². The second-order valence-corrected chi connectivity index (χ2v) is 19.6. The van der Waals surface area contributed by atoms with Gasteiger partial charge in [-0.25, -0.2) is 60.7 Å². The van der Waals surface area contributed by atoms with Gasteiger partial charge in [0, 0.05) is 6.08 Å². The van der Waals surface area contributed by atoms with E-state index in [1.165, 1.54) is 32.9 Å². The third kappa shape index (κ3) is 16.9. The molecule has 4 aliphatic heterocycles. The van der Waals surface area contributed by atoms with Gasteiger partial charge >= 0.3 is 24.4 Å². The second kappa shape index (κ2) is 31.5. The lowest BCUT2D eigenvalue weighted by Gasteiger charge is -2.21. The molecule has 8 amide bonds. The Hall–Kier alpha value is -8.75. The van der Waals surface area contributed by atoms with Gasteiger partial charge in [0.25, 0.3) is 23.6 Å². The Balaban J connectivity index is 0.000000204. The van der Waals surface area contributed by atoms with Gasteiger partial charge in [-0.1, -0.05) is 150 Å². The highest BCUT2D eigenvalue weighted by Crippen LogP contribution is 2.34. The number of hydrogen-bond donors (Lipinski definition) is 0. The summed E-state index contributed by atoms with van der Waals surface area (Å²) in [6.45, 7) is 13.1. The van der Waals surface area contributed by atoms with E-state index in [9.17, 15) is 60.3 Å². The molecule has 0 radical (unpaired) electrons. The van der Waals surface area contributed by atoms with Crippen LogP contribution in [0.2, 0.25) is 0 Å². The average molecular weight is 1160 g/mol. The Morgan fingerprint density at radius 2 is 1.00 bits per heavy atom. The number of amides is 8. The molecule has 0 spiro atoms. The van der Waals surface area contributed by atoms with Crippen LogP contribution in [0.5, 0.6) is 0 Å². The average Bonchev–Trinajstić information content (AvgIpc) is 4.29. The lowest BCUT2D eigenvalue weighted by atomic mass is 10.0. The number of hydrogen-bond acceptors (Lipinski definition) is 12. The Bertz CT molecular complexity index is 3020. The van der Waals surface area contributed by atoms with Crippen molar-refractivity contribution in [3.63, 3.8) is 0 Å². The highest BCUT2D eigenvalue weighted by Gasteiger charge is 2.44. The quantitative estimate of drug-likeness (QED) is 0.0274. The molecule has 83 heavy (non-hydrogen) atoms. The lowest BCUT2D eigenvalue weighted by molar-refractivity contribution is -0.125. The number of unbranched alkanes of at least 4 members (excludes halogenated alkanes) is 3. The van der Waals surface area contributed by atoms with E-state index < -0.39 is 83.2 Å². The number of allylic oxidation sites excluding steroid dienone is 3. The van der Waals surface area contributed by atoms with Crippen molar-refractivity contribution >= 4 is 54.1 Å². The van der Waals surface area contributed by atoms with Crippen LogP contribution in [0.15, 0.2) is 134 Å². The first-order valence-corrected chi connectivity index (χ1v) is 27.0. The van der Waals surface area contributed by atoms with Crippen molar-refractivity contribution in [3.8, 4) is 0 Å². The molecule has 4 aliphatic rings. The number of nitrogens with zero attached hydrogens (tertiary/aromatic N) is 4. The van der Waals surface area contributed by atoms with E-state index in [1.54, 1.807) is 32.9 Å². The number of cyclic esters (lactones) is 4. The monoisotopic (exact) mass is 1150 g/mol. The summed E-state index contributed by atoms with van der Waals surface area (Å²) in [4.78, 5) is 99.2. The van der Waals surface area contributed by atoms with Crippen molar-refractivity contribution in [1.82, 2.24) is 19.6 Å². The predicted octanol–water partition coefficient (Wildman–Crippen LogP) is 12.8. The van der Waals surface area contributed by atoms with Gasteiger partial charge < -0.3 is 18.9 Å². The standard InChI is InChI=1S/C18H23NO3.C15H12F5NO3.C15H17NO3.C14H15NO3/c1-3-4-5-6-10-13-16(20)19-14(2)17(22-18(19)21)15-11-8-7-9-12-15;1-6(2)8-5-24-15(23)21(8)9(22)4-3-7-10(16)12(18)14(20)13(19)11(7)17;1-3-4-10-13(17)16-11(2)14(19-15(16)18)12-8-6-5-7-9-12;1-2-6-13(16)15-12(10-18-14(15)17)9-11-7-4-3-5-8-11/h7-14,17H,3-6H2,1-2H3;3-4,6,8H,5H2,1-2H3;4-11,14H,3H2,1-2H3;2-8,12H,9-10H2,1H3/b13-10+;4-3+;10-4+;6-2+/t14-,17+;8-;11-,14+;12-/m0101/s1. The maximum absolute atomic E-state index is 13.5. The van der Waals surface area contributed by atoms with E-state index >= 15 is 0 Å². The molecular formula is C62H67F5N4O12. The van der Waals surface area contributed by atoms with Gasteiger partial charge in [-0.2, -0.15) is 0 Å². The molecule has 4 saturated heterocycles. The normalized spacial score (nSPS) is 20.3. The molecule has 0 bridgehead atoms. The zero-order valence-electron chi connectivity index (χ0n) is 47.1. The van der Waals surface area contributed by atoms with Crippen molar-refractivity contribution in [2.75, 3.05) is 13.2 Å². The zero-order valence-corrected chi connectivity index (χ0v) is 47.1. The van der Waals surface area contributed by atoms with Crippen LogP contribution >= 0.6 is 0 Å². The Labute approximate surface area is 478 Å². The summed E-state index contributed by atoms with van der Waals surface area (Å²) in [7, 11) is 0. The maximum Gasteiger partial charge on any atom is 0.417 e. The van der Waals surface area contributed by atoms with E-state index in [4.69, 9.17) is 18.9 Å². The van der Waals surface area contributed by atoms with Crippen LogP contribution in [0.1, 0.15) is 115 Å². The van der Waals surface area contributed by atoms with Crippen LogP contribution in [-0.2, 0) is 44.5 Å². The van der Waals surface area contributed by atoms with Crippen LogP contribution < -0.4 is 0 Å². The molecule has 0 unspecified atom stereocenters. The number of carbonyl (C=O) groups is 8. The van der Waals surface area contributed by atoms with E-state index in [1.807, 2.05) is 118 Å². The summed E-state index contributed by atoms with van der Waals surface area (Å²) in [5.74, 6) is -12.8. The number of ether oxygens (including phenoxy) is 4. The van der Waals surface area contributed by atoms with E-state index in [-0.39, 0.29) is 55.0 Å². The van der Waals surface area contributed by atoms with Crippen molar-refractivity contribution < 1.29 is 79.3 Å². The minimum Gasteiger partial charge on any atom is -0.447 e. The summed E-state index contributed by atoms with van der Waals surface area (Å²) < 4.78 is 86.5. The molecule has 8 rings (SSSR count). The van der Waals surface area contributed by atoms with Crippen LogP contribution in [0.25, 0.3) is 6.08 Å². The van der Waals surface area contributed by atoms with Crippen molar-refractivity contribution in [2.45, 2.75) is 123 Å². The van der Waals surface area contributed by atoms with E-state index in [2.05, 4.69) is 6.92 Å². The van der Waals surface area contributed by atoms with Crippen LogP contribution in [0.3, 0.4) is 0 Å². The topological polar surface area (TPSA) is 186 Å². The first kappa shape index (κ1) is 65.1. The minimum absolute atomic E-state index is 0.0430. The Morgan fingerprint density at radius 1 is 0.554 bits per heavy atom. The van der Waals surface area contributed by atoms with Gasteiger partial charge in [-0.15, -0.1) is 0 Å². The highest BCUT2D eigenvalue weighted by atomic mass is 19.2. The number of imide groups is 4. The minimum atomic E-state index is -2.29. The van der Waals surface area contributed by atoms with Crippen LogP contribution in [-0.4, -0.2) is 105 Å². The summed E-state index contributed by atoms with van der Waals surface area (Å²) in [6, 6.07) is 27.3. The fraction of sp³-hybridized carbons (Fsp3) is 0.355. The van der Waals surface area contributed by atoms with Gasteiger partial charge in [0.1, 0.15) is 25.4 Å². The van der Waals surface area contributed by atoms with Crippen LogP contribution in [0, 0.1) is 35.0 Å². The molecule has 4 fully saturated rings. The zero-order chi connectivity index (χ0) is 60.9. The van der Waals surface area contributed by atoms with Gasteiger partial charge in [0.05, 0.1) is 29.7 Å². The number of benzene rings is 4. The Kier molecular flexibility index (Phi) is 24.7. The van der Waals surface area contributed by atoms with E-state index in [0.29, 0.717) is 18.6 Å². The lowest BCUT2D eigenvalue weighted by Crippen LogP contribution is -2.40. The highest BCUT2D eigenvalue weighted by molar-refractivity contribution is 6.03. The number of carbonyl (C=O) groups excluding carboxylic acids is 8. The molecule has 16 nitrogen and oxygen atoms in total. The molecule has 4 heterocycles. The smallest absolute Gasteiger partial charge is 0.417 e. The summed E-state index contributed by atoms with van der Waals surface area (Å²) in [5, 5.41) is 0. The SMILES string of the molecule is C/C=C/C(=O)N1C(=O)OC[C@H]1Cc1ccccc1.CC(C)[C@H]1COC(=O)N1C(=O)/C=C/c1c(F)c(F)c(F)c(F)c1F.CC/C=C/C(=O)N1C(=O)O[C@@H](c2ccccc2)[C@@H]1C.CCCCC/C=C/C(=O)N1C(=O)O[C@@H](c2ccccc2)[C@@H]1C. The third-order valence-electron chi connectivity index (χ3n) is 13.4. The summed E-state index contributed by atoms with van der Waals surface area (Å²) >= 11 is 0. The fourth-order valence-corrected chi connectivity index (χ4v) is 8.94. The number of rotatable bonds is 15. The molecule has 4 aromatic carbocycles. The molecule has 0 N–H and O–H groups in total. The molecule has 0 aromatic heterocycles. The van der Waals surface area contributed by atoms with Crippen LogP contribution in [0.4, 0.5) is 41.1 Å². The molecule has 6 atom stereocenters. The van der Waals surface area contributed by atoms with Crippen molar-refractivity contribution in [2.24, 2.45) is 5.92 Å². The van der Waals surface area contributed by atoms with Gasteiger partial charge in [0.15, 0.2) is 23.3 Å². The van der Waals surface area contributed by atoms with Crippen molar-refractivity contribution in [1.29, 1.82) is 0 Å². The first-order chi connectivity index (χ1) is 39.7. The molecule has 21 heteroatoms. The predicted molar refractivity (Wildman–Crippen MR) is 296 cm³/mol. The Morgan fingerprint density at radius 3 is 1.48 bits per heavy atom. The summed E-state index contributed by atoms with van der Waals surface area (Å²) in [6.07, 6.45) is 12.6. The molecule has 0 aliphatic carbocycles. The molecular weight excluding hydrogens is 1090 g/mol. The van der Waals surface area contributed by atoms with Gasteiger partial charge in [0.2, 0.25) is 5.82 Å². The van der Waals surface area contributed by atoms with Gasteiger partial charge in [-0.05, 0) is 93.4 Å².